The van der Waals surface area contributed by atoms with Crippen molar-refractivity contribution < 1.29 is 4.74 Å². The minimum Gasteiger partial charge on any atom is -0.496 e. The fourth-order valence-electron chi connectivity index (χ4n) is 2.17. The quantitative estimate of drug-likeness (QED) is 0.377. The molecule has 21 heavy (non-hydrogen) atoms. The Morgan fingerprint density at radius 2 is 2.10 bits per heavy atom. The molecule has 0 fully saturated rings. The number of hydrogen-bond acceptors (Lipinski definition) is 3. The van der Waals surface area contributed by atoms with E-state index in [4.69, 9.17) is 22.2 Å². The van der Waals surface area contributed by atoms with Gasteiger partial charge in [0.25, 0.3) is 0 Å². The predicted octanol–water partition coefficient (Wildman–Crippen LogP) is 4.46. The minimum atomic E-state index is -0.0261. The van der Waals surface area contributed by atoms with Crippen LogP contribution in [0.2, 0.25) is 5.02 Å². The number of benzene rings is 2. The number of hydrogen-bond donors (Lipinski definition) is 2. The largest absolute Gasteiger partial charge is 0.496 e. The first-order chi connectivity index (χ1) is 10.0. The molecule has 0 saturated carbocycles. The van der Waals surface area contributed by atoms with Crippen LogP contribution >= 0.6 is 50.1 Å². The molecule has 0 bridgehead atoms. The topological polar surface area (TPSA) is 47.3 Å². The van der Waals surface area contributed by atoms with Crippen LogP contribution in [-0.2, 0) is 6.42 Å². The normalized spacial score (nSPS) is 12.2. The Morgan fingerprint density at radius 3 is 2.76 bits per heavy atom. The van der Waals surface area contributed by atoms with E-state index >= 15 is 0 Å². The van der Waals surface area contributed by atoms with Gasteiger partial charge in [-0.2, -0.15) is 0 Å². The van der Waals surface area contributed by atoms with Crippen LogP contribution in [0.4, 0.5) is 0 Å². The summed E-state index contributed by atoms with van der Waals surface area (Å²) in [4.78, 5) is 0. The monoisotopic (exact) mass is 480 g/mol. The van der Waals surface area contributed by atoms with Crippen molar-refractivity contribution >= 4 is 50.1 Å². The second-order valence-electron chi connectivity index (χ2n) is 4.55. The second-order valence-corrected chi connectivity index (χ2v) is 7.06. The molecule has 6 heteroatoms. The maximum absolute atomic E-state index is 6.09. The van der Waals surface area contributed by atoms with Crippen LogP contribution in [0.15, 0.2) is 40.9 Å². The standard InChI is InChI=1S/C15H15BrClIN2O/c1-21-15-5-3-11(17)6-9(15)7-14(20-19)12-8-10(16)2-4-13(12)18/h2-6,8,14,20H,7,19H2,1H3. The van der Waals surface area contributed by atoms with Gasteiger partial charge in [0.1, 0.15) is 5.75 Å². The highest BCUT2D eigenvalue weighted by molar-refractivity contribution is 14.1. The number of nitrogens with one attached hydrogen (secondary N) is 1. The molecule has 2 aromatic carbocycles. The number of halogens is 3. The lowest BCUT2D eigenvalue weighted by molar-refractivity contribution is 0.405. The Kier molecular flexibility index (Phi) is 6.31. The zero-order valence-electron chi connectivity index (χ0n) is 11.4. The summed E-state index contributed by atoms with van der Waals surface area (Å²) in [5.74, 6) is 6.57. The van der Waals surface area contributed by atoms with Gasteiger partial charge in [-0.05, 0) is 76.5 Å². The van der Waals surface area contributed by atoms with Gasteiger partial charge in [0, 0.05) is 13.1 Å². The van der Waals surface area contributed by atoms with E-state index in [0.717, 1.165) is 24.9 Å². The lowest BCUT2D eigenvalue weighted by atomic mass is 9.99. The van der Waals surface area contributed by atoms with Crippen LogP contribution < -0.4 is 16.0 Å². The van der Waals surface area contributed by atoms with E-state index in [0.29, 0.717) is 11.4 Å². The van der Waals surface area contributed by atoms with Gasteiger partial charge < -0.3 is 4.74 Å². The highest BCUT2D eigenvalue weighted by Crippen LogP contribution is 2.30. The third-order valence-corrected chi connectivity index (χ3v) is 4.91. The van der Waals surface area contributed by atoms with Gasteiger partial charge >= 0.3 is 0 Å². The van der Waals surface area contributed by atoms with Crippen LogP contribution in [0.25, 0.3) is 0 Å². The number of ether oxygens (including phenoxy) is 1. The highest BCUT2D eigenvalue weighted by Gasteiger charge is 2.17. The van der Waals surface area contributed by atoms with Crippen LogP contribution in [0.1, 0.15) is 17.2 Å². The summed E-state index contributed by atoms with van der Waals surface area (Å²) in [5, 5.41) is 0.686. The molecule has 0 radical (unpaired) electrons. The fourth-order valence-corrected chi connectivity index (χ4v) is 3.45. The third-order valence-electron chi connectivity index (χ3n) is 3.20. The maximum atomic E-state index is 6.09. The van der Waals surface area contributed by atoms with Gasteiger partial charge in [0.2, 0.25) is 0 Å². The summed E-state index contributed by atoms with van der Waals surface area (Å²) in [7, 11) is 1.65. The summed E-state index contributed by atoms with van der Waals surface area (Å²) in [6.07, 6.45) is 0.687. The van der Waals surface area contributed by atoms with Crippen molar-refractivity contribution in [2.75, 3.05) is 7.11 Å². The molecule has 0 aliphatic heterocycles. The van der Waals surface area contributed by atoms with Crippen molar-refractivity contribution in [1.82, 2.24) is 5.43 Å². The SMILES string of the molecule is COc1ccc(Cl)cc1CC(NN)c1cc(Br)ccc1I. The van der Waals surface area contributed by atoms with Gasteiger partial charge in [0.15, 0.2) is 0 Å². The van der Waals surface area contributed by atoms with Crippen LogP contribution in [0, 0.1) is 3.57 Å². The molecule has 2 aromatic rings. The van der Waals surface area contributed by atoms with Crippen molar-refractivity contribution in [2.45, 2.75) is 12.5 Å². The fraction of sp³-hybridized carbons (Fsp3) is 0.200. The second kappa shape index (κ2) is 7.78. The Labute approximate surface area is 151 Å². The van der Waals surface area contributed by atoms with Gasteiger partial charge in [-0.25, -0.2) is 0 Å². The van der Waals surface area contributed by atoms with Gasteiger partial charge in [-0.15, -0.1) is 0 Å². The summed E-state index contributed by atoms with van der Waals surface area (Å²) >= 11 is 11.9. The number of nitrogens with two attached hydrogens (primary N) is 1. The molecule has 3 nitrogen and oxygen atoms in total. The minimum absolute atomic E-state index is 0.0261. The number of hydrazine groups is 1. The molecule has 2 rings (SSSR count). The lowest BCUT2D eigenvalue weighted by Gasteiger charge is -2.20. The lowest BCUT2D eigenvalue weighted by Crippen LogP contribution is -2.30. The Morgan fingerprint density at radius 1 is 1.33 bits per heavy atom. The smallest absolute Gasteiger partial charge is 0.122 e. The van der Waals surface area contributed by atoms with E-state index in [9.17, 15) is 0 Å². The van der Waals surface area contributed by atoms with Crippen molar-refractivity contribution in [3.63, 3.8) is 0 Å². The van der Waals surface area contributed by atoms with Crippen LogP contribution in [0.5, 0.6) is 5.75 Å². The van der Waals surface area contributed by atoms with Crippen molar-refractivity contribution in [3.8, 4) is 5.75 Å². The first kappa shape index (κ1) is 17.0. The van der Waals surface area contributed by atoms with Crippen molar-refractivity contribution in [3.05, 3.63) is 60.6 Å². The average Bonchev–Trinajstić information content (AvgIpc) is 2.47. The van der Waals surface area contributed by atoms with Crippen LogP contribution in [-0.4, -0.2) is 7.11 Å². The molecule has 0 amide bonds. The molecule has 1 atom stereocenters. The molecule has 0 aliphatic carbocycles. The molecule has 0 aliphatic rings. The van der Waals surface area contributed by atoms with E-state index in [1.165, 1.54) is 0 Å². The molecule has 0 spiro atoms. The molecular formula is C15H15BrClIN2O. The molecule has 3 N–H and O–H groups in total. The van der Waals surface area contributed by atoms with Gasteiger partial charge in [-0.1, -0.05) is 27.5 Å². The molecule has 112 valence electrons. The average molecular weight is 482 g/mol. The van der Waals surface area contributed by atoms with Crippen LogP contribution in [0.3, 0.4) is 0 Å². The van der Waals surface area contributed by atoms with E-state index in [-0.39, 0.29) is 6.04 Å². The zero-order valence-corrected chi connectivity index (χ0v) is 15.9. The molecule has 0 aromatic heterocycles. The summed E-state index contributed by atoms with van der Waals surface area (Å²) < 4.78 is 7.57. The number of methoxy groups -OCH3 is 1. The predicted molar refractivity (Wildman–Crippen MR) is 98.6 cm³/mol. The summed E-state index contributed by atoms with van der Waals surface area (Å²) in [6.45, 7) is 0. The van der Waals surface area contributed by atoms with Crippen molar-refractivity contribution in [2.24, 2.45) is 5.84 Å². The maximum Gasteiger partial charge on any atom is 0.122 e. The molecule has 0 saturated heterocycles. The Bertz CT molecular complexity index is 639. The summed E-state index contributed by atoms with van der Waals surface area (Å²) in [5.41, 5.74) is 5.03. The highest BCUT2D eigenvalue weighted by atomic mass is 127. The number of rotatable bonds is 5. The van der Waals surface area contributed by atoms with E-state index in [1.54, 1.807) is 7.11 Å². The van der Waals surface area contributed by atoms with Gasteiger partial charge in [0.05, 0.1) is 13.2 Å². The van der Waals surface area contributed by atoms with Crippen molar-refractivity contribution in [1.29, 1.82) is 0 Å². The summed E-state index contributed by atoms with van der Waals surface area (Å²) in [6, 6.07) is 11.7. The third kappa shape index (κ3) is 4.32. The Hall–Kier alpha value is -0.340. The first-order valence-electron chi connectivity index (χ1n) is 6.28. The molecule has 0 heterocycles. The zero-order chi connectivity index (χ0) is 15.4. The molecular weight excluding hydrogens is 466 g/mol. The van der Waals surface area contributed by atoms with E-state index in [2.05, 4.69) is 56.1 Å². The molecule has 1 unspecified atom stereocenters. The first-order valence-corrected chi connectivity index (χ1v) is 8.53. The van der Waals surface area contributed by atoms with E-state index < -0.39 is 0 Å². The Balaban J connectivity index is 2.35. The van der Waals surface area contributed by atoms with E-state index in [1.807, 2.05) is 24.3 Å². The van der Waals surface area contributed by atoms with Gasteiger partial charge in [-0.3, -0.25) is 11.3 Å².